The third-order valence-corrected chi connectivity index (χ3v) is 11.2. The second kappa shape index (κ2) is 12.1. The quantitative estimate of drug-likeness (QED) is 0.198. The minimum absolute atomic E-state index is 0.0219. The molecule has 240 valence electrons. The summed E-state index contributed by atoms with van der Waals surface area (Å²) in [5.74, 6) is -0.0556. The molecule has 6 aromatic rings. The predicted octanol–water partition coefficient (Wildman–Crippen LogP) is 4.84. The molecule has 0 aliphatic rings. The topological polar surface area (TPSA) is 204 Å². The molecular formula is C30H24N6O8S3. The number of aromatic nitrogens is 4. The first-order valence-corrected chi connectivity index (χ1v) is 18.1. The summed E-state index contributed by atoms with van der Waals surface area (Å²) in [7, 11) is -11.9. The van der Waals surface area contributed by atoms with Gasteiger partial charge in [-0.05, 0) is 86.6 Å². The minimum Gasteiger partial charge on any atom is -0.403 e. The van der Waals surface area contributed by atoms with E-state index in [1.54, 1.807) is 24.3 Å². The average Bonchev–Trinajstić information content (AvgIpc) is 3.71. The standard InChI is InChI=1S/C30H24N6O8S3/c1-19-3-11-25(12-4-19)46(39,40)35-29-33-31-27(43-29)21-7-15-23(16-8-21)45(37,38)24-17-9-22(10-18-24)28-32-34-30(44-28)36-47(41,42)26-13-5-20(2)6-14-26/h3-18H,1-2H3,(H,33,35)(H,34,36). The van der Waals surface area contributed by atoms with E-state index in [-0.39, 0.29) is 43.4 Å². The monoisotopic (exact) mass is 692 g/mol. The second-order valence-electron chi connectivity index (χ2n) is 10.2. The molecule has 47 heavy (non-hydrogen) atoms. The Kier molecular flexibility index (Phi) is 8.12. The zero-order valence-corrected chi connectivity index (χ0v) is 27.0. The number of benzene rings is 4. The van der Waals surface area contributed by atoms with Gasteiger partial charge in [-0.1, -0.05) is 45.6 Å². The maximum Gasteiger partial charge on any atom is 0.330 e. The largest absolute Gasteiger partial charge is 0.403 e. The van der Waals surface area contributed by atoms with E-state index in [0.29, 0.717) is 11.1 Å². The van der Waals surface area contributed by atoms with Crippen molar-refractivity contribution in [3.05, 3.63) is 108 Å². The van der Waals surface area contributed by atoms with E-state index < -0.39 is 29.9 Å². The number of hydrogen-bond acceptors (Lipinski definition) is 12. The normalized spacial score (nSPS) is 12.1. The predicted molar refractivity (Wildman–Crippen MR) is 169 cm³/mol. The Morgan fingerprint density at radius 1 is 0.447 bits per heavy atom. The highest BCUT2D eigenvalue weighted by atomic mass is 32.2. The minimum atomic E-state index is -3.96. The summed E-state index contributed by atoms with van der Waals surface area (Å²) in [5.41, 5.74) is 2.51. The molecule has 6 rings (SSSR count). The lowest BCUT2D eigenvalue weighted by Gasteiger charge is -2.06. The highest BCUT2D eigenvalue weighted by Gasteiger charge is 2.22. The summed E-state index contributed by atoms with van der Waals surface area (Å²) >= 11 is 0. The number of hydrogen-bond donors (Lipinski definition) is 2. The lowest BCUT2D eigenvalue weighted by Crippen LogP contribution is -2.13. The molecule has 17 heteroatoms. The van der Waals surface area contributed by atoms with Crippen molar-refractivity contribution in [3.8, 4) is 22.9 Å². The molecule has 0 atom stereocenters. The van der Waals surface area contributed by atoms with E-state index in [4.69, 9.17) is 8.83 Å². The van der Waals surface area contributed by atoms with Crippen LogP contribution in [0.5, 0.6) is 0 Å². The second-order valence-corrected chi connectivity index (χ2v) is 15.5. The smallest absolute Gasteiger partial charge is 0.330 e. The third kappa shape index (κ3) is 6.76. The van der Waals surface area contributed by atoms with Crippen LogP contribution in [-0.2, 0) is 29.9 Å². The average molecular weight is 693 g/mol. The van der Waals surface area contributed by atoms with Gasteiger partial charge in [0.2, 0.25) is 21.6 Å². The van der Waals surface area contributed by atoms with Gasteiger partial charge in [0.05, 0.1) is 19.6 Å². The van der Waals surface area contributed by atoms with Crippen LogP contribution in [0.25, 0.3) is 22.9 Å². The van der Waals surface area contributed by atoms with Crippen molar-refractivity contribution in [2.24, 2.45) is 0 Å². The van der Waals surface area contributed by atoms with Crippen LogP contribution >= 0.6 is 0 Å². The van der Waals surface area contributed by atoms with Gasteiger partial charge in [0.1, 0.15) is 0 Å². The van der Waals surface area contributed by atoms with Gasteiger partial charge in [-0.2, -0.15) is 0 Å². The van der Waals surface area contributed by atoms with Crippen LogP contribution in [0.3, 0.4) is 0 Å². The van der Waals surface area contributed by atoms with Crippen molar-refractivity contribution in [1.29, 1.82) is 0 Å². The Labute approximate surface area is 269 Å². The van der Waals surface area contributed by atoms with Gasteiger partial charge in [-0.25, -0.2) is 34.7 Å². The van der Waals surface area contributed by atoms with Gasteiger partial charge >= 0.3 is 12.0 Å². The molecule has 2 heterocycles. The molecule has 0 unspecified atom stereocenters. The summed E-state index contributed by atoms with van der Waals surface area (Å²) in [4.78, 5) is -0.0129. The molecule has 0 saturated carbocycles. The summed E-state index contributed by atoms with van der Waals surface area (Å²) < 4.78 is 92.4. The molecule has 0 fully saturated rings. The van der Waals surface area contributed by atoms with Crippen LogP contribution < -0.4 is 9.44 Å². The Morgan fingerprint density at radius 2 is 0.766 bits per heavy atom. The number of rotatable bonds is 10. The molecule has 0 saturated heterocycles. The highest BCUT2D eigenvalue weighted by Crippen LogP contribution is 2.28. The van der Waals surface area contributed by atoms with Crippen LogP contribution in [0, 0.1) is 13.8 Å². The first-order valence-electron chi connectivity index (χ1n) is 13.6. The molecule has 0 bridgehead atoms. The molecule has 2 N–H and O–H groups in total. The summed E-state index contributed by atoms with van der Waals surface area (Å²) in [6.45, 7) is 3.66. The van der Waals surface area contributed by atoms with E-state index in [1.807, 2.05) is 13.8 Å². The fourth-order valence-corrected chi connectivity index (χ4v) is 7.34. The number of aryl methyl sites for hydroxylation is 2. The Bertz CT molecular complexity index is 2220. The third-order valence-electron chi connectivity index (χ3n) is 6.78. The maximum absolute atomic E-state index is 13.3. The number of sulfonamides is 2. The number of sulfone groups is 1. The Hall–Kier alpha value is -5.39. The molecule has 14 nitrogen and oxygen atoms in total. The van der Waals surface area contributed by atoms with Crippen molar-refractivity contribution in [1.82, 2.24) is 20.4 Å². The molecule has 0 aliphatic carbocycles. The molecule has 0 amide bonds. The fourth-order valence-electron chi connectivity index (χ4n) is 4.23. The molecule has 4 aromatic carbocycles. The fraction of sp³-hybridized carbons (Fsp3) is 0.0667. The Morgan fingerprint density at radius 3 is 1.11 bits per heavy atom. The molecule has 2 aromatic heterocycles. The van der Waals surface area contributed by atoms with Gasteiger partial charge in [0.25, 0.3) is 20.0 Å². The van der Waals surface area contributed by atoms with E-state index in [2.05, 4.69) is 29.8 Å². The molecular weight excluding hydrogens is 669 g/mol. The van der Waals surface area contributed by atoms with E-state index in [9.17, 15) is 25.3 Å². The zero-order valence-electron chi connectivity index (χ0n) is 24.5. The number of nitrogens with zero attached hydrogens (tertiary/aromatic N) is 4. The highest BCUT2D eigenvalue weighted by molar-refractivity contribution is 7.93. The molecule has 0 aliphatic heterocycles. The number of nitrogens with one attached hydrogen (secondary N) is 2. The van der Waals surface area contributed by atoms with Crippen molar-refractivity contribution in [2.45, 2.75) is 33.4 Å². The SMILES string of the molecule is Cc1ccc(S(=O)(=O)Nc2nnc(-c3ccc(S(=O)(=O)c4ccc(-c5nnc(NS(=O)(=O)c6ccc(C)cc6)o5)cc4)cc3)o2)cc1. The lowest BCUT2D eigenvalue weighted by atomic mass is 10.2. The van der Waals surface area contributed by atoms with Crippen LogP contribution in [-0.4, -0.2) is 45.6 Å². The molecule has 0 radical (unpaired) electrons. The first-order chi connectivity index (χ1) is 22.3. The van der Waals surface area contributed by atoms with Gasteiger partial charge in [0.15, 0.2) is 0 Å². The van der Waals surface area contributed by atoms with Crippen molar-refractivity contribution >= 4 is 41.9 Å². The van der Waals surface area contributed by atoms with Gasteiger partial charge in [-0.15, -0.1) is 10.2 Å². The summed E-state index contributed by atoms with van der Waals surface area (Å²) in [5, 5.41) is 15.2. The van der Waals surface area contributed by atoms with E-state index in [1.165, 1.54) is 72.8 Å². The van der Waals surface area contributed by atoms with Crippen LogP contribution in [0.1, 0.15) is 11.1 Å². The van der Waals surface area contributed by atoms with E-state index >= 15 is 0 Å². The van der Waals surface area contributed by atoms with Crippen LogP contribution in [0.15, 0.2) is 125 Å². The van der Waals surface area contributed by atoms with Gasteiger partial charge < -0.3 is 8.83 Å². The first kappa shape index (κ1) is 31.6. The van der Waals surface area contributed by atoms with Gasteiger partial charge in [-0.3, -0.25) is 0 Å². The molecule has 0 spiro atoms. The van der Waals surface area contributed by atoms with Crippen LogP contribution in [0.2, 0.25) is 0 Å². The van der Waals surface area contributed by atoms with Crippen molar-refractivity contribution < 1.29 is 34.1 Å². The maximum atomic E-state index is 13.3. The van der Waals surface area contributed by atoms with E-state index in [0.717, 1.165) is 11.1 Å². The number of anilines is 2. The van der Waals surface area contributed by atoms with Crippen molar-refractivity contribution in [2.75, 3.05) is 9.44 Å². The van der Waals surface area contributed by atoms with Crippen LogP contribution in [0.4, 0.5) is 12.0 Å². The zero-order chi connectivity index (χ0) is 33.4. The lowest BCUT2D eigenvalue weighted by molar-refractivity contribution is 0.575. The van der Waals surface area contributed by atoms with Gasteiger partial charge in [0, 0.05) is 11.1 Å². The summed E-state index contributed by atoms with van der Waals surface area (Å²) in [6, 6.07) is 22.9. The Balaban J connectivity index is 1.13. The summed E-state index contributed by atoms with van der Waals surface area (Å²) in [6.07, 6.45) is 0. The van der Waals surface area contributed by atoms with Crippen molar-refractivity contribution in [3.63, 3.8) is 0 Å².